The van der Waals surface area contributed by atoms with Crippen molar-refractivity contribution in [2.24, 2.45) is 0 Å². The number of thiophene rings is 1. The van der Waals surface area contributed by atoms with Gasteiger partial charge >= 0.3 is 11.9 Å². The van der Waals surface area contributed by atoms with E-state index in [1.54, 1.807) is 11.3 Å². The minimum absolute atomic E-state index is 0.238. The van der Waals surface area contributed by atoms with Crippen LogP contribution in [0.4, 0.5) is 11.4 Å². The van der Waals surface area contributed by atoms with E-state index >= 15 is 0 Å². The number of benzene rings is 1. The molecule has 3 rings (SSSR count). The summed E-state index contributed by atoms with van der Waals surface area (Å²) in [4.78, 5) is 37.0. The van der Waals surface area contributed by atoms with Crippen molar-refractivity contribution in [3.05, 3.63) is 58.3 Å². The maximum absolute atomic E-state index is 12.4. The van der Waals surface area contributed by atoms with Crippen LogP contribution >= 0.6 is 11.3 Å². The lowest BCUT2D eigenvalue weighted by atomic mass is 10.1. The van der Waals surface area contributed by atoms with Gasteiger partial charge in [0.2, 0.25) is 0 Å². The van der Waals surface area contributed by atoms with Crippen molar-refractivity contribution in [1.29, 1.82) is 0 Å². The van der Waals surface area contributed by atoms with Gasteiger partial charge in [0, 0.05) is 30.8 Å². The number of rotatable bonds is 6. The molecular formula is C21H24N2O5S. The highest BCUT2D eigenvalue weighted by Gasteiger charge is 2.25. The van der Waals surface area contributed by atoms with Gasteiger partial charge in [-0.3, -0.25) is 4.79 Å². The zero-order valence-electron chi connectivity index (χ0n) is 16.4. The van der Waals surface area contributed by atoms with Crippen LogP contribution in [0.25, 0.3) is 0 Å². The Kier molecular flexibility index (Phi) is 8.11. The number of anilines is 2. The van der Waals surface area contributed by atoms with E-state index in [1.807, 2.05) is 11.4 Å². The zero-order chi connectivity index (χ0) is 21.4. The highest BCUT2D eigenvalue weighted by molar-refractivity contribution is 7.12. The number of hydrogen-bond donors (Lipinski definition) is 2. The first-order chi connectivity index (χ1) is 13.8. The molecule has 8 heteroatoms. The van der Waals surface area contributed by atoms with E-state index in [9.17, 15) is 14.4 Å². The quantitative estimate of drug-likeness (QED) is 0.697. The fraction of sp³-hybridized carbons (Fsp3) is 0.286. The molecule has 1 aromatic carbocycles. The largest absolute Gasteiger partial charge is 0.478 e. The Morgan fingerprint density at radius 1 is 1.10 bits per heavy atom. The highest BCUT2D eigenvalue weighted by Crippen LogP contribution is 2.38. The second-order valence-electron chi connectivity index (χ2n) is 6.68. The molecular weight excluding hydrogens is 392 g/mol. The van der Waals surface area contributed by atoms with Gasteiger partial charge in [-0.1, -0.05) is 18.2 Å². The standard InChI is InChI=1S/C17H20N2OS.C4H4O4/c1-18(2)9-5-10-19-14-7-4-3-6-13(14)12-16(20)17-15(19)8-11-21-17;5-3(6)1-2-4(7)8/h3-4,6-8,11H,5,9-10,12H2,1-2H3;1-2H,(H,5,6)(H,7,8)/b;2-1+. The summed E-state index contributed by atoms with van der Waals surface area (Å²) in [6.45, 7) is 1.98. The number of hydrogen-bond acceptors (Lipinski definition) is 6. The second kappa shape index (κ2) is 10.5. The Labute approximate surface area is 173 Å². The Bertz CT molecular complexity index is 888. The molecule has 0 saturated heterocycles. The first-order valence-corrected chi connectivity index (χ1v) is 9.92. The molecule has 2 N–H and O–H groups in total. The van der Waals surface area contributed by atoms with Crippen molar-refractivity contribution >= 4 is 40.4 Å². The zero-order valence-corrected chi connectivity index (χ0v) is 17.2. The minimum atomic E-state index is -1.26. The molecule has 2 heterocycles. The van der Waals surface area contributed by atoms with Crippen molar-refractivity contribution in [2.75, 3.05) is 32.1 Å². The van der Waals surface area contributed by atoms with E-state index in [0.717, 1.165) is 35.6 Å². The number of carboxylic acids is 2. The number of ketones is 1. The number of aliphatic carboxylic acids is 2. The van der Waals surface area contributed by atoms with Crippen LogP contribution in [0.3, 0.4) is 0 Å². The first-order valence-electron chi connectivity index (χ1n) is 9.04. The fourth-order valence-electron chi connectivity index (χ4n) is 2.96. The molecule has 1 aromatic heterocycles. The van der Waals surface area contributed by atoms with E-state index in [1.165, 1.54) is 5.69 Å². The summed E-state index contributed by atoms with van der Waals surface area (Å²) in [5.74, 6) is -2.28. The summed E-state index contributed by atoms with van der Waals surface area (Å²) in [5, 5.41) is 17.6. The van der Waals surface area contributed by atoms with Crippen molar-refractivity contribution in [3.63, 3.8) is 0 Å². The van der Waals surface area contributed by atoms with Gasteiger partial charge in [0.1, 0.15) is 0 Å². The van der Waals surface area contributed by atoms with Crippen LogP contribution in [0.1, 0.15) is 21.7 Å². The van der Waals surface area contributed by atoms with Gasteiger partial charge in [-0.15, -0.1) is 11.3 Å². The topological polar surface area (TPSA) is 98.2 Å². The molecule has 0 bridgehead atoms. The van der Waals surface area contributed by atoms with Crippen LogP contribution < -0.4 is 4.90 Å². The highest BCUT2D eigenvalue weighted by atomic mass is 32.1. The van der Waals surface area contributed by atoms with Crippen LogP contribution in [0.5, 0.6) is 0 Å². The summed E-state index contributed by atoms with van der Waals surface area (Å²) in [7, 11) is 4.19. The van der Waals surface area contributed by atoms with E-state index in [4.69, 9.17) is 10.2 Å². The molecule has 0 atom stereocenters. The fourth-order valence-corrected chi connectivity index (χ4v) is 3.79. The van der Waals surface area contributed by atoms with E-state index < -0.39 is 11.9 Å². The summed E-state index contributed by atoms with van der Waals surface area (Å²) in [6.07, 6.45) is 2.70. The first kappa shape index (κ1) is 22.3. The molecule has 0 unspecified atom stereocenters. The minimum Gasteiger partial charge on any atom is -0.478 e. The third-order valence-corrected chi connectivity index (χ3v) is 5.12. The maximum Gasteiger partial charge on any atom is 0.328 e. The molecule has 7 nitrogen and oxygen atoms in total. The average molecular weight is 416 g/mol. The summed E-state index contributed by atoms with van der Waals surface area (Å²) in [5.41, 5.74) is 3.39. The van der Waals surface area contributed by atoms with Crippen molar-refractivity contribution in [3.8, 4) is 0 Å². The van der Waals surface area contributed by atoms with Crippen LogP contribution in [0.15, 0.2) is 47.9 Å². The molecule has 0 radical (unpaired) electrons. The Morgan fingerprint density at radius 2 is 1.76 bits per heavy atom. The Morgan fingerprint density at radius 3 is 2.38 bits per heavy atom. The van der Waals surface area contributed by atoms with Crippen molar-refractivity contribution in [2.45, 2.75) is 12.8 Å². The maximum atomic E-state index is 12.4. The van der Waals surface area contributed by atoms with Gasteiger partial charge in [-0.05, 0) is 50.1 Å². The van der Waals surface area contributed by atoms with E-state index in [0.29, 0.717) is 18.6 Å². The van der Waals surface area contributed by atoms with Crippen LogP contribution in [-0.2, 0) is 16.0 Å². The number of nitrogens with zero attached hydrogens (tertiary/aromatic N) is 2. The number of para-hydroxylation sites is 1. The lowest BCUT2D eigenvalue weighted by Crippen LogP contribution is -2.23. The third-order valence-electron chi connectivity index (χ3n) is 4.18. The monoisotopic (exact) mass is 416 g/mol. The molecule has 0 saturated carbocycles. The smallest absolute Gasteiger partial charge is 0.328 e. The molecule has 0 fully saturated rings. The Balaban J connectivity index is 0.000000321. The van der Waals surface area contributed by atoms with Gasteiger partial charge in [0.05, 0.1) is 10.6 Å². The summed E-state index contributed by atoms with van der Waals surface area (Å²) < 4.78 is 0. The Hall–Kier alpha value is -2.97. The average Bonchev–Trinajstić information content (AvgIpc) is 3.10. The third kappa shape index (κ3) is 6.55. The van der Waals surface area contributed by atoms with Gasteiger partial charge in [0.25, 0.3) is 0 Å². The lowest BCUT2D eigenvalue weighted by molar-refractivity contribution is -0.134. The predicted octanol–water partition coefficient (Wildman–Crippen LogP) is 3.29. The van der Waals surface area contributed by atoms with Gasteiger partial charge < -0.3 is 20.0 Å². The molecule has 29 heavy (non-hydrogen) atoms. The predicted molar refractivity (Wildman–Crippen MR) is 113 cm³/mol. The van der Waals surface area contributed by atoms with Crippen LogP contribution in [0.2, 0.25) is 0 Å². The number of fused-ring (bicyclic) bond motifs is 2. The van der Waals surface area contributed by atoms with Crippen LogP contribution in [-0.4, -0.2) is 60.0 Å². The van der Waals surface area contributed by atoms with Crippen molar-refractivity contribution in [1.82, 2.24) is 4.90 Å². The number of Topliss-reactive ketones (excluding diaryl/α,β-unsaturated/α-hetero) is 1. The molecule has 1 aliphatic rings. The number of carbonyl (C=O) groups is 3. The van der Waals surface area contributed by atoms with E-state index in [-0.39, 0.29) is 5.78 Å². The molecule has 154 valence electrons. The molecule has 0 amide bonds. The molecule has 1 aliphatic heterocycles. The molecule has 0 aliphatic carbocycles. The number of carbonyl (C=O) groups excluding carboxylic acids is 1. The number of carboxylic acid groups (broad SMARTS) is 2. The van der Waals surface area contributed by atoms with Gasteiger partial charge in [-0.25, -0.2) is 9.59 Å². The molecule has 0 spiro atoms. The van der Waals surface area contributed by atoms with E-state index in [2.05, 4.69) is 48.2 Å². The normalized spacial score (nSPS) is 12.8. The van der Waals surface area contributed by atoms with Gasteiger partial charge in [0.15, 0.2) is 5.78 Å². The summed E-state index contributed by atoms with van der Waals surface area (Å²) >= 11 is 1.56. The molecule has 2 aromatic rings. The summed E-state index contributed by atoms with van der Waals surface area (Å²) in [6, 6.07) is 10.4. The van der Waals surface area contributed by atoms with Crippen molar-refractivity contribution < 1.29 is 24.6 Å². The lowest BCUT2D eigenvalue weighted by Gasteiger charge is -2.25. The van der Waals surface area contributed by atoms with Crippen LogP contribution in [0, 0.1) is 0 Å². The van der Waals surface area contributed by atoms with Gasteiger partial charge in [-0.2, -0.15) is 0 Å². The second-order valence-corrected chi connectivity index (χ2v) is 7.60. The SMILES string of the molecule is CN(C)CCCN1c2ccccc2CC(=O)c2sccc21.O=C(O)/C=C/C(=O)O.